The number of carbonyl (C=O) groups is 1. The second-order valence-electron chi connectivity index (χ2n) is 3.91. The molecule has 0 spiro atoms. The molecule has 98 valence electrons. The van der Waals surface area contributed by atoms with E-state index in [1.165, 1.54) is 0 Å². The largest absolute Gasteiger partial charge is 0.376 e. The molecule has 2 rings (SSSR count). The van der Waals surface area contributed by atoms with Crippen LogP contribution in [-0.4, -0.2) is 38.4 Å². The molecule has 4 nitrogen and oxygen atoms in total. The Hall–Kier alpha value is -0.620. The number of ether oxygens (including phenoxy) is 2. The molecule has 1 amide bonds. The smallest absolute Gasteiger partial charge is 0.251 e. The maximum atomic E-state index is 11.9. The highest BCUT2D eigenvalue weighted by Crippen LogP contribution is 2.23. The van der Waals surface area contributed by atoms with Crippen molar-refractivity contribution in [2.45, 2.75) is 6.10 Å². The van der Waals surface area contributed by atoms with Gasteiger partial charge in [0.2, 0.25) is 0 Å². The number of carbonyl (C=O) groups excluding carboxylic acids is 1. The van der Waals surface area contributed by atoms with Gasteiger partial charge in [0.05, 0.1) is 30.9 Å². The standard InChI is InChI=1S/C12H13BrClNO3/c13-10-5-8(1-2-11(10)14)12(16)15-6-9-7-17-3-4-18-9/h1-2,5,9H,3-4,6-7H2,(H,15,16). The molecule has 0 aliphatic carbocycles. The maximum absolute atomic E-state index is 11.9. The molecule has 1 saturated heterocycles. The maximum Gasteiger partial charge on any atom is 0.251 e. The van der Waals surface area contributed by atoms with Crippen LogP contribution in [0, 0.1) is 0 Å². The lowest BCUT2D eigenvalue weighted by atomic mass is 10.2. The van der Waals surface area contributed by atoms with Crippen molar-refractivity contribution in [2.75, 3.05) is 26.4 Å². The highest BCUT2D eigenvalue weighted by molar-refractivity contribution is 9.10. The molecule has 1 aliphatic heterocycles. The van der Waals surface area contributed by atoms with Crippen molar-refractivity contribution in [3.63, 3.8) is 0 Å². The van der Waals surface area contributed by atoms with Gasteiger partial charge in [-0.2, -0.15) is 0 Å². The summed E-state index contributed by atoms with van der Waals surface area (Å²) in [6.07, 6.45) is -0.0709. The quantitative estimate of drug-likeness (QED) is 0.922. The Balaban J connectivity index is 1.88. The number of hydrogen-bond acceptors (Lipinski definition) is 3. The van der Waals surface area contributed by atoms with Crippen molar-refractivity contribution in [1.82, 2.24) is 5.32 Å². The van der Waals surface area contributed by atoms with Gasteiger partial charge >= 0.3 is 0 Å². The minimum Gasteiger partial charge on any atom is -0.376 e. The summed E-state index contributed by atoms with van der Waals surface area (Å²) in [5.74, 6) is -0.151. The Morgan fingerprint density at radius 3 is 3.00 bits per heavy atom. The average molecular weight is 335 g/mol. The van der Waals surface area contributed by atoms with Gasteiger partial charge in [0, 0.05) is 16.6 Å². The summed E-state index contributed by atoms with van der Waals surface area (Å²) >= 11 is 9.15. The molecule has 0 bridgehead atoms. The van der Waals surface area contributed by atoms with Crippen LogP contribution in [0.2, 0.25) is 5.02 Å². The molecule has 1 N–H and O–H groups in total. The normalized spacial score (nSPS) is 19.6. The van der Waals surface area contributed by atoms with Crippen molar-refractivity contribution in [3.05, 3.63) is 33.3 Å². The van der Waals surface area contributed by atoms with Crippen molar-refractivity contribution in [1.29, 1.82) is 0 Å². The Bertz CT molecular complexity index is 435. The van der Waals surface area contributed by atoms with Gasteiger partial charge in [-0.3, -0.25) is 4.79 Å². The summed E-state index contributed by atoms with van der Waals surface area (Å²) in [6.45, 7) is 2.16. The number of halogens is 2. The van der Waals surface area contributed by atoms with Crippen molar-refractivity contribution in [2.24, 2.45) is 0 Å². The van der Waals surface area contributed by atoms with Crippen molar-refractivity contribution in [3.8, 4) is 0 Å². The number of rotatable bonds is 3. The molecule has 1 aliphatic rings. The molecule has 1 atom stereocenters. The first-order valence-corrected chi connectivity index (χ1v) is 6.76. The number of hydrogen-bond donors (Lipinski definition) is 1. The van der Waals surface area contributed by atoms with Crippen LogP contribution in [0.3, 0.4) is 0 Å². The topological polar surface area (TPSA) is 47.6 Å². The Morgan fingerprint density at radius 1 is 1.50 bits per heavy atom. The van der Waals surface area contributed by atoms with E-state index in [2.05, 4.69) is 21.2 Å². The lowest BCUT2D eigenvalue weighted by Gasteiger charge is -2.23. The summed E-state index contributed by atoms with van der Waals surface area (Å²) in [4.78, 5) is 11.9. The first-order chi connectivity index (χ1) is 8.66. The van der Waals surface area contributed by atoms with Gasteiger partial charge in [-0.25, -0.2) is 0 Å². The highest BCUT2D eigenvalue weighted by Gasteiger charge is 2.16. The summed E-state index contributed by atoms with van der Waals surface area (Å²) in [5.41, 5.74) is 0.558. The zero-order valence-electron chi connectivity index (χ0n) is 9.62. The number of amides is 1. The molecule has 18 heavy (non-hydrogen) atoms. The molecule has 0 saturated carbocycles. The third-order valence-electron chi connectivity index (χ3n) is 2.56. The minimum absolute atomic E-state index is 0.0709. The third kappa shape index (κ3) is 3.68. The second-order valence-corrected chi connectivity index (χ2v) is 5.17. The van der Waals surface area contributed by atoms with Crippen LogP contribution in [0.1, 0.15) is 10.4 Å². The zero-order chi connectivity index (χ0) is 13.0. The lowest BCUT2D eigenvalue weighted by molar-refractivity contribution is -0.0855. The van der Waals surface area contributed by atoms with Gasteiger partial charge < -0.3 is 14.8 Å². The summed E-state index contributed by atoms with van der Waals surface area (Å²) in [6, 6.07) is 5.05. The number of nitrogens with one attached hydrogen (secondary N) is 1. The predicted octanol–water partition coefficient (Wildman–Crippen LogP) is 2.25. The number of benzene rings is 1. The molecule has 1 aromatic rings. The van der Waals surface area contributed by atoms with E-state index < -0.39 is 0 Å². The van der Waals surface area contributed by atoms with Crippen LogP contribution in [0.5, 0.6) is 0 Å². The zero-order valence-corrected chi connectivity index (χ0v) is 12.0. The third-order valence-corrected chi connectivity index (χ3v) is 3.77. The van der Waals surface area contributed by atoms with Gasteiger partial charge in [-0.15, -0.1) is 0 Å². The SMILES string of the molecule is O=C(NCC1COCCO1)c1ccc(Cl)c(Br)c1. The molecule has 1 unspecified atom stereocenters. The van der Waals surface area contributed by atoms with Gasteiger partial charge in [-0.1, -0.05) is 11.6 Å². The fourth-order valence-electron chi connectivity index (χ4n) is 1.60. The molecular weight excluding hydrogens is 321 g/mol. The first kappa shape index (κ1) is 13.8. The van der Waals surface area contributed by atoms with Gasteiger partial charge in [0.1, 0.15) is 0 Å². The molecule has 0 radical (unpaired) electrons. The van der Waals surface area contributed by atoms with Crippen LogP contribution in [-0.2, 0) is 9.47 Å². The van der Waals surface area contributed by atoms with E-state index in [1.54, 1.807) is 18.2 Å². The minimum atomic E-state index is -0.151. The average Bonchev–Trinajstić information content (AvgIpc) is 2.40. The van der Waals surface area contributed by atoms with Gasteiger partial charge in [0.15, 0.2) is 0 Å². The van der Waals surface area contributed by atoms with Crippen LogP contribution >= 0.6 is 27.5 Å². The van der Waals surface area contributed by atoms with E-state index >= 15 is 0 Å². The summed E-state index contributed by atoms with van der Waals surface area (Å²) in [5, 5.41) is 3.39. The first-order valence-electron chi connectivity index (χ1n) is 5.59. The van der Waals surface area contributed by atoms with E-state index in [4.69, 9.17) is 21.1 Å². The predicted molar refractivity (Wildman–Crippen MR) is 72.0 cm³/mol. The molecule has 1 heterocycles. The molecule has 6 heteroatoms. The molecule has 1 fully saturated rings. The van der Waals surface area contributed by atoms with Crippen LogP contribution in [0.4, 0.5) is 0 Å². The Labute approximate surface area is 119 Å². The molecular formula is C12H13BrClNO3. The Kier molecular flexibility index (Phi) is 5.00. The fourth-order valence-corrected chi connectivity index (χ4v) is 2.10. The lowest BCUT2D eigenvalue weighted by Crippen LogP contribution is -2.39. The summed E-state index contributed by atoms with van der Waals surface area (Å²) in [7, 11) is 0. The van der Waals surface area contributed by atoms with E-state index in [1.807, 2.05) is 0 Å². The monoisotopic (exact) mass is 333 g/mol. The second kappa shape index (κ2) is 6.52. The van der Waals surface area contributed by atoms with Crippen molar-refractivity contribution >= 4 is 33.4 Å². The van der Waals surface area contributed by atoms with Gasteiger partial charge in [-0.05, 0) is 34.1 Å². The van der Waals surface area contributed by atoms with E-state index in [0.717, 1.165) is 0 Å². The van der Waals surface area contributed by atoms with Crippen molar-refractivity contribution < 1.29 is 14.3 Å². The fraction of sp³-hybridized carbons (Fsp3) is 0.417. The highest BCUT2D eigenvalue weighted by atomic mass is 79.9. The van der Waals surface area contributed by atoms with Gasteiger partial charge in [0.25, 0.3) is 5.91 Å². The molecule has 0 aromatic heterocycles. The summed E-state index contributed by atoms with van der Waals surface area (Å²) < 4.78 is 11.4. The van der Waals surface area contributed by atoms with E-state index in [-0.39, 0.29) is 12.0 Å². The van der Waals surface area contributed by atoms with Crippen LogP contribution < -0.4 is 5.32 Å². The van der Waals surface area contributed by atoms with Crippen LogP contribution in [0.25, 0.3) is 0 Å². The van der Waals surface area contributed by atoms with E-state index in [0.29, 0.717) is 41.4 Å². The Morgan fingerprint density at radius 2 is 2.33 bits per heavy atom. The van der Waals surface area contributed by atoms with E-state index in [9.17, 15) is 4.79 Å². The van der Waals surface area contributed by atoms with Crippen LogP contribution in [0.15, 0.2) is 22.7 Å². The molecule has 1 aromatic carbocycles.